The van der Waals surface area contributed by atoms with E-state index in [1.54, 1.807) is 0 Å². The van der Waals surface area contributed by atoms with E-state index in [-0.39, 0.29) is 6.42 Å². The van der Waals surface area contributed by atoms with Gasteiger partial charge in [-0.3, -0.25) is 4.79 Å². The van der Waals surface area contributed by atoms with Gasteiger partial charge in [-0.25, -0.2) is 14.5 Å². The molecule has 2 unspecified atom stereocenters. The van der Waals surface area contributed by atoms with Crippen molar-refractivity contribution in [3.8, 4) is 0 Å². The first-order chi connectivity index (χ1) is 9.36. The summed E-state index contributed by atoms with van der Waals surface area (Å²) in [7, 11) is 0. The summed E-state index contributed by atoms with van der Waals surface area (Å²) < 4.78 is 0. The van der Waals surface area contributed by atoms with E-state index in [0.717, 1.165) is 5.56 Å². The molecule has 20 heavy (non-hydrogen) atoms. The highest BCUT2D eigenvalue weighted by molar-refractivity contribution is 6.01. The molecule has 1 aromatic rings. The lowest BCUT2D eigenvalue weighted by atomic mass is 9.90. The molecule has 6 nitrogen and oxygen atoms in total. The van der Waals surface area contributed by atoms with Crippen molar-refractivity contribution in [3.63, 3.8) is 0 Å². The molecule has 0 aliphatic carbocycles. The van der Waals surface area contributed by atoms with Crippen LogP contribution in [-0.2, 0) is 16.0 Å². The Morgan fingerprint density at radius 2 is 1.90 bits per heavy atom. The van der Waals surface area contributed by atoms with Crippen molar-refractivity contribution in [3.05, 3.63) is 35.9 Å². The van der Waals surface area contributed by atoms with Crippen LogP contribution in [0.5, 0.6) is 0 Å². The van der Waals surface area contributed by atoms with E-state index in [4.69, 9.17) is 5.11 Å². The minimum Gasteiger partial charge on any atom is -0.479 e. The normalized spacial score (nSPS) is 25.8. The summed E-state index contributed by atoms with van der Waals surface area (Å²) in [5.41, 5.74) is -0.812. The molecule has 2 amide bonds. The lowest BCUT2D eigenvalue weighted by Crippen LogP contribution is -2.52. The second-order valence-electron chi connectivity index (χ2n) is 5.13. The number of likely N-dealkylation sites (tertiary alicyclic amines) is 1. The summed E-state index contributed by atoms with van der Waals surface area (Å²) in [4.78, 5) is 35.1. The van der Waals surface area contributed by atoms with E-state index in [1.165, 1.54) is 6.92 Å². The first kappa shape index (κ1) is 14.0. The Hall–Kier alpha value is -2.37. The second kappa shape index (κ2) is 4.96. The molecule has 6 heteroatoms. The zero-order valence-electron chi connectivity index (χ0n) is 10.9. The number of carboxylic acids is 1. The highest BCUT2D eigenvalue weighted by Crippen LogP contribution is 2.36. The van der Waals surface area contributed by atoms with E-state index < -0.39 is 29.4 Å². The van der Waals surface area contributed by atoms with Gasteiger partial charge in [-0.05, 0) is 25.3 Å². The van der Waals surface area contributed by atoms with E-state index in [0.29, 0.717) is 11.3 Å². The van der Waals surface area contributed by atoms with E-state index >= 15 is 0 Å². The second-order valence-corrected chi connectivity index (χ2v) is 5.13. The van der Waals surface area contributed by atoms with Gasteiger partial charge in [-0.2, -0.15) is 0 Å². The maximum absolute atomic E-state index is 12.2. The number of hydrogen-bond acceptors (Lipinski definition) is 3. The van der Waals surface area contributed by atoms with Crippen molar-refractivity contribution in [2.75, 3.05) is 0 Å². The minimum absolute atomic E-state index is 0.0115. The molecule has 1 aliphatic heterocycles. The number of carbonyl (C=O) groups is 3. The number of nitrogens with zero attached hydrogens (tertiary/aromatic N) is 1. The topological polar surface area (TPSA) is 94.9 Å². The van der Waals surface area contributed by atoms with Crippen LogP contribution < -0.4 is 0 Å². The van der Waals surface area contributed by atoms with Crippen molar-refractivity contribution in [1.82, 2.24) is 4.90 Å². The summed E-state index contributed by atoms with van der Waals surface area (Å²) in [5.74, 6) is -2.58. The van der Waals surface area contributed by atoms with Crippen LogP contribution >= 0.6 is 0 Å². The molecule has 1 saturated heterocycles. The smallest absolute Gasteiger partial charge is 0.415 e. The van der Waals surface area contributed by atoms with Crippen LogP contribution in [0.2, 0.25) is 0 Å². The lowest BCUT2D eigenvalue weighted by molar-refractivity contribution is -0.151. The predicted octanol–water partition coefficient (Wildman–Crippen LogP) is 1.60. The van der Waals surface area contributed by atoms with Gasteiger partial charge in [0, 0.05) is 5.92 Å². The molecule has 0 bridgehead atoms. The first-order valence-corrected chi connectivity index (χ1v) is 6.20. The van der Waals surface area contributed by atoms with Crippen LogP contribution in [0.4, 0.5) is 4.79 Å². The minimum atomic E-state index is -1.69. The van der Waals surface area contributed by atoms with Crippen LogP contribution in [0.3, 0.4) is 0 Å². The molecule has 106 valence electrons. The van der Waals surface area contributed by atoms with Crippen LogP contribution in [0.25, 0.3) is 0 Å². The highest BCUT2D eigenvalue weighted by Gasteiger charge is 2.55. The number of benzene rings is 1. The Morgan fingerprint density at radius 1 is 1.30 bits per heavy atom. The van der Waals surface area contributed by atoms with Gasteiger partial charge in [0.15, 0.2) is 0 Å². The molecule has 0 spiro atoms. The fourth-order valence-electron chi connectivity index (χ4n) is 2.63. The maximum Gasteiger partial charge on any atom is 0.415 e. The third-order valence-electron chi connectivity index (χ3n) is 3.68. The summed E-state index contributed by atoms with van der Waals surface area (Å²) >= 11 is 0. The van der Waals surface area contributed by atoms with Gasteiger partial charge in [0.25, 0.3) is 0 Å². The maximum atomic E-state index is 12.2. The number of hydrogen-bond donors (Lipinski definition) is 2. The van der Waals surface area contributed by atoms with Gasteiger partial charge < -0.3 is 10.2 Å². The van der Waals surface area contributed by atoms with Crippen molar-refractivity contribution in [2.24, 2.45) is 5.92 Å². The Morgan fingerprint density at radius 3 is 2.35 bits per heavy atom. The van der Waals surface area contributed by atoms with Gasteiger partial charge in [-0.1, -0.05) is 30.3 Å². The van der Waals surface area contributed by atoms with E-state index in [2.05, 4.69) is 0 Å². The van der Waals surface area contributed by atoms with Crippen LogP contribution in [0.1, 0.15) is 18.9 Å². The lowest BCUT2D eigenvalue weighted by Gasteiger charge is -2.26. The average molecular weight is 277 g/mol. The molecular formula is C14H15NO5. The number of carbonyl (C=O) groups excluding carboxylic acids is 1. The van der Waals surface area contributed by atoms with Gasteiger partial charge in [0.2, 0.25) is 5.91 Å². The third kappa shape index (κ3) is 2.24. The molecule has 0 saturated carbocycles. The van der Waals surface area contributed by atoms with E-state index in [1.807, 2.05) is 30.3 Å². The summed E-state index contributed by atoms with van der Waals surface area (Å²) in [6.45, 7) is 1.27. The number of rotatable bonds is 3. The Bertz CT molecular complexity index is 556. The quantitative estimate of drug-likeness (QED) is 0.875. The fourth-order valence-corrected chi connectivity index (χ4v) is 2.63. The largest absolute Gasteiger partial charge is 0.479 e. The van der Waals surface area contributed by atoms with Crippen LogP contribution in [0.15, 0.2) is 30.3 Å². The molecule has 2 rings (SSSR count). The summed E-state index contributed by atoms with van der Waals surface area (Å²) in [6, 6.07) is 9.13. The molecule has 1 heterocycles. The molecule has 1 aliphatic rings. The number of aliphatic carboxylic acids is 1. The van der Waals surface area contributed by atoms with Crippen molar-refractivity contribution < 1.29 is 24.6 Å². The monoisotopic (exact) mass is 277 g/mol. The molecule has 2 atom stereocenters. The Balaban J connectivity index is 2.28. The van der Waals surface area contributed by atoms with Crippen molar-refractivity contribution in [2.45, 2.75) is 25.3 Å². The molecule has 0 aromatic heterocycles. The molecule has 0 radical (unpaired) electrons. The summed E-state index contributed by atoms with van der Waals surface area (Å²) in [5, 5.41) is 18.3. The van der Waals surface area contributed by atoms with Crippen molar-refractivity contribution in [1.29, 1.82) is 0 Å². The predicted molar refractivity (Wildman–Crippen MR) is 69.2 cm³/mol. The Labute approximate surface area is 115 Å². The molecule has 1 aromatic carbocycles. The van der Waals surface area contributed by atoms with Gasteiger partial charge in [0.1, 0.15) is 5.54 Å². The first-order valence-electron chi connectivity index (χ1n) is 6.20. The molecular weight excluding hydrogens is 262 g/mol. The molecule has 2 N–H and O–H groups in total. The highest BCUT2D eigenvalue weighted by atomic mass is 16.4. The summed E-state index contributed by atoms with van der Waals surface area (Å²) in [6.07, 6.45) is -1.19. The number of amides is 2. The zero-order valence-corrected chi connectivity index (χ0v) is 10.9. The van der Waals surface area contributed by atoms with Gasteiger partial charge in [0.05, 0.1) is 0 Å². The Kier molecular flexibility index (Phi) is 3.48. The van der Waals surface area contributed by atoms with Crippen molar-refractivity contribution >= 4 is 18.0 Å². The van der Waals surface area contributed by atoms with E-state index in [9.17, 15) is 19.5 Å². The van der Waals surface area contributed by atoms with Gasteiger partial charge >= 0.3 is 12.1 Å². The molecule has 1 fully saturated rings. The van der Waals surface area contributed by atoms with Crippen LogP contribution in [0, 0.1) is 5.92 Å². The van der Waals surface area contributed by atoms with Gasteiger partial charge in [-0.15, -0.1) is 0 Å². The zero-order chi connectivity index (χ0) is 14.9. The standard InChI is InChI=1S/C14H15NO5/c1-14(12(17)18)8-10(11(16)15(14)13(19)20)7-9-5-3-2-4-6-9/h2-6,10H,7-8H2,1H3,(H,17,18)(H,19,20). The van der Waals surface area contributed by atoms with Crippen LogP contribution in [-0.4, -0.2) is 38.6 Å². The SMILES string of the molecule is CC1(C(=O)O)CC(Cc2ccccc2)C(=O)N1C(=O)O. The number of carboxylic acid groups (broad SMARTS) is 2. The average Bonchev–Trinajstić information content (AvgIpc) is 2.63. The third-order valence-corrected chi connectivity index (χ3v) is 3.68. The fraction of sp³-hybridized carbons (Fsp3) is 0.357. The number of imide groups is 1.